The Kier molecular flexibility index (Phi) is 6.20. The highest BCUT2D eigenvalue weighted by Crippen LogP contribution is 2.27. The molecule has 0 bridgehead atoms. The van der Waals surface area contributed by atoms with Crippen molar-refractivity contribution < 1.29 is 9.47 Å². The second-order valence-corrected chi connectivity index (χ2v) is 8.23. The maximum Gasteiger partial charge on any atom is 0.272 e. The molecule has 160 valence electrons. The van der Waals surface area contributed by atoms with E-state index in [9.17, 15) is 4.79 Å². The summed E-state index contributed by atoms with van der Waals surface area (Å²) in [7, 11) is 1.68. The van der Waals surface area contributed by atoms with Crippen molar-refractivity contribution in [1.29, 1.82) is 0 Å². The minimum Gasteiger partial charge on any atom is -0.496 e. The van der Waals surface area contributed by atoms with E-state index >= 15 is 0 Å². The molecular weight excluding hydrogens is 380 g/mol. The first kappa shape index (κ1) is 20.6. The van der Waals surface area contributed by atoms with E-state index in [1.807, 2.05) is 30.3 Å². The lowest BCUT2D eigenvalue weighted by atomic mass is 9.97. The van der Waals surface area contributed by atoms with Crippen molar-refractivity contribution >= 4 is 5.65 Å². The van der Waals surface area contributed by atoms with Crippen LogP contribution in [0, 0.1) is 5.92 Å². The highest BCUT2D eigenvalue weighted by atomic mass is 16.5. The number of hydrogen-bond donors (Lipinski definition) is 2. The second-order valence-electron chi connectivity index (χ2n) is 8.23. The lowest BCUT2D eigenvalue weighted by molar-refractivity contribution is 0.0844. The van der Waals surface area contributed by atoms with E-state index in [0.29, 0.717) is 18.1 Å². The van der Waals surface area contributed by atoms with Gasteiger partial charge in [0.15, 0.2) is 5.65 Å². The molecule has 1 aromatic carbocycles. The van der Waals surface area contributed by atoms with Crippen LogP contribution < -0.4 is 15.6 Å². The van der Waals surface area contributed by atoms with Crippen LogP contribution in [0.2, 0.25) is 0 Å². The van der Waals surface area contributed by atoms with E-state index in [4.69, 9.17) is 14.5 Å². The Morgan fingerprint density at radius 2 is 2.03 bits per heavy atom. The summed E-state index contributed by atoms with van der Waals surface area (Å²) in [5.41, 5.74) is 3.49. The summed E-state index contributed by atoms with van der Waals surface area (Å²) in [6, 6.07) is 11.6. The van der Waals surface area contributed by atoms with Gasteiger partial charge in [-0.05, 0) is 24.8 Å². The van der Waals surface area contributed by atoms with Crippen molar-refractivity contribution in [1.82, 2.24) is 19.9 Å². The van der Waals surface area contributed by atoms with Crippen LogP contribution in [-0.2, 0) is 11.3 Å². The maximum absolute atomic E-state index is 12.8. The third-order valence-electron chi connectivity index (χ3n) is 5.84. The Balaban J connectivity index is 1.61. The van der Waals surface area contributed by atoms with Gasteiger partial charge < -0.3 is 14.8 Å². The number of nitrogens with zero attached hydrogens (tertiary/aromatic N) is 2. The molecule has 7 nitrogen and oxygen atoms in total. The minimum absolute atomic E-state index is 0.0472. The molecule has 1 atom stereocenters. The standard InChI is InChI=1S/C23H30N4O3/c1-15(2)23(24-14-17-6-4-5-7-20(17)29-3)19-13-22(28)27-21(25-19)12-18(26-27)16-8-10-30-11-9-16/h4-7,12-13,15-16,23-24,26H,8-11,14H2,1-3H3/t23-/m0/s1. The number of rotatable bonds is 7. The Morgan fingerprint density at radius 1 is 1.27 bits per heavy atom. The summed E-state index contributed by atoms with van der Waals surface area (Å²) >= 11 is 0. The Hall–Kier alpha value is -2.64. The van der Waals surface area contributed by atoms with Crippen LogP contribution in [-0.4, -0.2) is 34.9 Å². The van der Waals surface area contributed by atoms with Gasteiger partial charge in [0.2, 0.25) is 0 Å². The molecule has 0 radical (unpaired) electrons. The lowest BCUT2D eigenvalue weighted by Gasteiger charge is -2.22. The van der Waals surface area contributed by atoms with Gasteiger partial charge in [-0.1, -0.05) is 32.0 Å². The molecule has 4 rings (SSSR count). The van der Waals surface area contributed by atoms with E-state index in [1.54, 1.807) is 17.7 Å². The molecule has 1 saturated heterocycles. The molecule has 0 saturated carbocycles. The van der Waals surface area contributed by atoms with Gasteiger partial charge in [0.05, 0.1) is 18.8 Å². The molecule has 1 aliphatic heterocycles. The topological polar surface area (TPSA) is 80.6 Å². The van der Waals surface area contributed by atoms with Crippen molar-refractivity contribution in [3.05, 3.63) is 63.7 Å². The van der Waals surface area contributed by atoms with Crippen molar-refractivity contribution in [3.63, 3.8) is 0 Å². The summed E-state index contributed by atoms with van der Waals surface area (Å²) < 4.78 is 12.5. The summed E-state index contributed by atoms with van der Waals surface area (Å²) in [4.78, 5) is 17.7. The number of fused-ring (bicyclic) bond motifs is 1. The number of nitrogens with one attached hydrogen (secondary N) is 2. The fraction of sp³-hybridized carbons (Fsp3) is 0.478. The van der Waals surface area contributed by atoms with Crippen molar-refractivity contribution in [2.24, 2.45) is 5.92 Å². The molecule has 30 heavy (non-hydrogen) atoms. The van der Waals surface area contributed by atoms with Gasteiger partial charge in [-0.15, -0.1) is 0 Å². The Bertz CT molecular complexity index is 1050. The number of para-hydroxylation sites is 1. The summed E-state index contributed by atoms with van der Waals surface area (Å²) in [5, 5.41) is 6.82. The van der Waals surface area contributed by atoms with Crippen LogP contribution >= 0.6 is 0 Å². The van der Waals surface area contributed by atoms with Crippen molar-refractivity contribution in [2.45, 2.75) is 45.2 Å². The van der Waals surface area contributed by atoms with E-state index in [-0.39, 0.29) is 17.5 Å². The van der Waals surface area contributed by atoms with Crippen LogP contribution in [0.25, 0.3) is 5.65 Å². The van der Waals surface area contributed by atoms with Crippen molar-refractivity contribution in [3.8, 4) is 5.75 Å². The van der Waals surface area contributed by atoms with Gasteiger partial charge in [0.1, 0.15) is 5.75 Å². The SMILES string of the molecule is COc1ccccc1CN[C@H](c1cc(=O)n2[nH]c(C3CCOCC3)cc2n1)C(C)C. The fourth-order valence-electron chi connectivity index (χ4n) is 4.16. The normalized spacial score (nSPS) is 16.3. The monoisotopic (exact) mass is 410 g/mol. The number of benzene rings is 1. The Morgan fingerprint density at radius 3 is 2.77 bits per heavy atom. The predicted octanol–water partition coefficient (Wildman–Crippen LogP) is 3.41. The van der Waals surface area contributed by atoms with Crippen LogP contribution in [0.3, 0.4) is 0 Å². The first-order chi connectivity index (χ1) is 14.6. The molecule has 0 unspecified atom stereocenters. The first-order valence-electron chi connectivity index (χ1n) is 10.6. The smallest absolute Gasteiger partial charge is 0.272 e. The molecular formula is C23H30N4O3. The number of hydrogen-bond acceptors (Lipinski definition) is 5. The van der Waals surface area contributed by atoms with E-state index in [0.717, 1.165) is 48.8 Å². The number of methoxy groups -OCH3 is 1. The molecule has 0 spiro atoms. The molecule has 3 aromatic rings. The average molecular weight is 411 g/mol. The quantitative estimate of drug-likeness (QED) is 0.624. The average Bonchev–Trinajstić information content (AvgIpc) is 3.19. The molecule has 1 aliphatic rings. The summed E-state index contributed by atoms with van der Waals surface area (Å²) in [5.74, 6) is 1.50. The number of ether oxygens (including phenoxy) is 2. The Labute approximate surface area is 176 Å². The van der Waals surface area contributed by atoms with Crippen LogP contribution in [0.5, 0.6) is 5.75 Å². The molecule has 0 aliphatic carbocycles. The maximum atomic E-state index is 12.8. The molecule has 3 heterocycles. The number of aromatic nitrogens is 3. The zero-order valence-corrected chi connectivity index (χ0v) is 17.9. The van der Waals surface area contributed by atoms with Crippen LogP contribution in [0.15, 0.2) is 41.2 Å². The zero-order chi connectivity index (χ0) is 21.1. The molecule has 2 aromatic heterocycles. The lowest BCUT2D eigenvalue weighted by Crippen LogP contribution is -2.28. The second kappa shape index (κ2) is 9.02. The number of aromatic amines is 1. The third kappa shape index (κ3) is 4.27. The van der Waals surface area contributed by atoms with Crippen LogP contribution in [0.1, 0.15) is 55.6 Å². The predicted molar refractivity (Wildman–Crippen MR) is 116 cm³/mol. The molecule has 1 fully saturated rings. The first-order valence-corrected chi connectivity index (χ1v) is 10.6. The zero-order valence-electron chi connectivity index (χ0n) is 17.9. The molecule has 7 heteroatoms. The van der Waals surface area contributed by atoms with Gasteiger partial charge in [-0.3, -0.25) is 9.89 Å². The minimum atomic E-state index is -0.0851. The van der Waals surface area contributed by atoms with Crippen molar-refractivity contribution in [2.75, 3.05) is 20.3 Å². The van der Waals surface area contributed by atoms with E-state index < -0.39 is 0 Å². The highest BCUT2D eigenvalue weighted by Gasteiger charge is 2.22. The van der Waals surface area contributed by atoms with Crippen LogP contribution in [0.4, 0.5) is 0 Å². The third-order valence-corrected chi connectivity index (χ3v) is 5.84. The van der Waals surface area contributed by atoms with Gasteiger partial charge in [-0.25, -0.2) is 9.50 Å². The summed E-state index contributed by atoms with van der Waals surface area (Å²) in [6.45, 7) is 6.42. The van der Waals surface area contributed by atoms with Gasteiger partial charge in [0.25, 0.3) is 5.56 Å². The van der Waals surface area contributed by atoms with Gasteiger partial charge in [0, 0.05) is 49.1 Å². The molecule has 2 N–H and O–H groups in total. The number of H-pyrrole nitrogens is 1. The summed E-state index contributed by atoms with van der Waals surface area (Å²) in [6.07, 6.45) is 1.92. The van der Waals surface area contributed by atoms with Gasteiger partial charge in [-0.2, -0.15) is 0 Å². The highest BCUT2D eigenvalue weighted by molar-refractivity contribution is 5.41. The largest absolute Gasteiger partial charge is 0.496 e. The van der Waals surface area contributed by atoms with E-state index in [2.05, 4.69) is 24.3 Å². The molecule has 0 amide bonds. The fourth-order valence-corrected chi connectivity index (χ4v) is 4.16. The van der Waals surface area contributed by atoms with E-state index in [1.165, 1.54) is 0 Å². The van der Waals surface area contributed by atoms with Gasteiger partial charge >= 0.3 is 0 Å².